The van der Waals surface area contributed by atoms with Gasteiger partial charge >= 0.3 is 0 Å². The van der Waals surface area contributed by atoms with Crippen LogP contribution in [0.15, 0.2) is 65.6 Å². The van der Waals surface area contributed by atoms with Crippen LogP contribution in [0.4, 0.5) is 0 Å². The lowest BCUT2D eigenvalue weighted by molar-refractivity contribution is 0.0546. The zero-order valence-electron chi connectivity index (χ0n) is 16.8. The maximum Gasteiger partial charge on any atom is 0.253 e. The smallest absolute Gasteiger partial charge is 0.253 e. The first-order valence-corrected chi connectivity index (χ1v) is 10.0. The van der Waals surface area contributed by atoms with Gasteiger partial charge in [-0.1, -0.05) is 24.3 Å². The van der Waals surface area contributed by atoms with Crippen molar-refractivity contribution in [1.82, 2.24) is 9.47 Å². The predicted molar refractivity (Wildman–Crippen MR) is 115 cm³/mol. The van der Waals surface area contributed by atoms with Gasteiger partial charge in [0.05, 0.1) is 12.3 Å². The molecule has 2 aromatic carbocycles. The fourth-order valence-corrected chi connectivity index (χ4v) is 3.77. The second-order valence-corrected chi connectivity index (χ2v) is 7.68. The zero-order chi connectivity index (χ0) is 21.3. The van der Waals surface area contributed by atoms with Gasteiger partial charge in [0, 0.05) is 36.1 Å². The van der Waals surface area contributed by atoms with Crippen LogP contribution in [-0.2, 0) is 0 Å². The normalized spacial score (nSPS) is 14.7. The number of aryl methyl sites for hydroxylation is 1. The van der Waals surface area contributed by atoms with Crippen LogP contribution in [0.25, 0.3) is 16.8 Å². The number of amides is 1. The summed E-state index contributed by atoms with van der Waals surface area (Å²) >= 11 is 0. The summed E-state index contributed by atoms with van der Waals surface area (Å²) in [6.45, 7) is 2.99. The maximum atomic E-state index is 12.6. The number of carbonyl (C=O) groups excluding carboxylic acids is 1. The monoisotopic (exact) mass is 404 g/mol. The van der Waals surface area contributed by atoms with Gasteiger partial charge in [-0.25, -0.2) is 0 Å². The molecule has 154 valence electrons. The minimum absolute atomic E-state index is 0.00250. The second-order valence-electron chi connectivity index (χ2n) is 7.68. The number of aromatic hydroxyl groups is 1. The molecule has 0 aliphatic carbocycles. The van der Waals surface area contributed by atoms with Gasteiger partial charge in [-0.15, -0.1) is 0 Å². The van der Waals surface area contributed by atoms with Gasteiger partial charge in [-0.2, -0.15) is 0 Å². The molecule has 30 heavy (non-hydrogen) atoms. The number of aliphatic hydroxyl groups excluding tert-OH is 1. The largest absolute Gasteiger partial charge is 0.503 e. The van der Waals surface area contributed by atoms with Crippen molar-refractivity contribution in [2.75, 3.05) is 13.1 Å². The molecular weight excluding hydrogens is 380 g/mol. The molecule has 0 spiro atoms. The first kappa shape index (κ1) is 19.9. The Morgan fingerprint density at radius 2 is 1.53 bits per heavy atom. The van der Waals surface area contributed by atoms with Gasteiger partial charge in [-0.05, 0) is 55.2 Å². The number of benzene rings is 2. The fraction of sp³-hybridized carbons (Fsp3) is 0.250. The highest BCUT2D eigenvalue weighted by molar-refractivity contribution is 5.94. The number of nitrogens with zero attached hydrogens (tertiary/aromatic N) is 2. The fourth-order valence-electron chi connectivity index (χ4n) is 3.77. The number of aliphatic hydroxyl groups is 1. The van der Waals surface area contributed by atoms with Crippen LogP contribution >= 0.6 is 0 Å². The topological polar surface area (TPSA) is 82.8 Å². The standard InChI is InChI=1S/C24H24N2O4/c1-16-14-22(28)23(29)15-26(16)20-8-6-18(7-9-20)17-2-4-19(5-3-17)24(30)25-12-10-21(27)11-13-25/h2-9,14-15,21,27,29H,10-13H2,1H3. The van der Waals surface area contributed by atoms with Gasteiger partial charge in [0.25, 0.3) is 5.91 Å². The third-order valence-corrected chi connectivity index (χ3v) is 5.59. The van der Waals surface area contributed by atoms with E-state index >= 15 is 0 Å². The molecule has 0 radical (unpaired) electrons. The quantitative estimate of drug-likeness (QED) is 0.703. The average molecular weight is 404 g/mol. The molecule has 4 rings (SSSR count). The Morgan fingerprint density at radius 3 is 2.13 bits per heavy atom. The van der Waals surface area contributed by atoms with Gasteiger partial charge in [0.15, 0.2) is 5.75 Å². The van der Waals surface area contributed by atoms with Crippen LogP contribution in [0.3, 0.4) is 0 Å². The number of carbonyl (C=O) groups is 1. The Labute approximate surface area is 174 Å². The number of hydrogen-bond donors (Lipinski definition) is 2. The van der Waals surface area contributed by atoms with Gasteiger partial charge in [0.2, 0.25) is 5.43 Å². The first-order valence-electron chi connectivity index (χ1n) is 10.0. The lowest BCUT2D eigenvalue weighted by atomic mass is 10.0. The van der Waals surface area contributed by atoms with E-state index in [4.69, 9.17) is 0 Å². The Kier molecular flexibility index (Phi) is 5.42. The van der Waals surface area contributed by atoms with Gasteiger partial charge in [-0.3, -0.25) is 9.59 Å². The summed E-state index contributed by atoms with van der Waals surface area (Å²) in [5, 5.41) is 19.3. The summed E-state index contributed by atoms with van der Waals surface area (Å²) in [5.41, 5.74) is 3.82. The highest BCUT2D eigenvalue weighted by atomic mass is 16.3. The second kappa shape index (κ2) is 8.16. The molecule has 1 saturated heterocycles. The highest BCUT2D eigenvalue weighted by Crippen LogP contribution is 2.23. The Balaban J connectivity index is 1.52. The van der Waals surface area contributed by atoms with Crippen LogP contribution in [0.2, 0.25) is 0 Å². The van der Waals surface area contributed by atoms with E-state index in [9.17, 15) is 19.8 Å². The van der Waals surface area contributed by atoms with E-state index in [1.54, 1.807) is 9.47 Å². The molecule has 3 aromatic rings. The summed E-state index contributed by atoms with van der Waals surface area (Å²) in [4.78, 5) is 26.0. The van der Waals surface area contributed by atoms with Gasteiger partial charge < -0.3 is 19.7 Å². The van der Waals surface area contributed by atoms with Crippen LogP contribution in [-0.4, -0.2) is 44.8 Å². The van der Waals surface area contributed by atoms with Crippen molar-refractivity contribution in [1.29, 1.82) is 0 Å². The van der Waals surface area contributed by atoms with E-state index in [0.29, 0.717) is 31.5 Å². The number of hydrogen-bond acceptors (Lipinski definition) is 4. The van der Waals surface area contributed by atoms with Gasteiger partial charge in [0.1, 0.15) is 0 Å². The molecule has 0 unspecified atom stereocenters. The molecule has 0 atom stereocenters. The Bertz CT molecular complexity index is 1110. The lowest BCUT2D eigenvalue weighted by Gasteiger charge is -2.29. The summed E-state index contributed by atoms with van der Waals surface area (Å²) in [6.07, 6.45) is 2.38. The number of aromatic nitrogens is 1. The predicted octanol–water partition coefficient (Wildman–Crippen LogP) is 3.12. The van der Waals surface area contributed by atoms with Crippen LogP contribution < -0.4 is 5.43 Å². The number of pyridine rings is 1. The van der Waals surface area contributed by atoms with E-state index in [1.807, 2.05) is 55.5 Å². The minimum Gasteiger partial charge on any atom is -0.503 e. The number of rotatable bonds is 3. The zero-order valence-corrected chi connectivity index (χ0v) is 16.8. The summed E-state index contributed by atoms with van der Waals surface area (Å²) in [6, 6.07) is 16.7. The van der Waals surface area contributed by atoms with Crippen LogP contribution in [0, 0.1) is 6.92 Å². The minimum atomic E-state index is -0.393. The van der Waals surface area contributed by atoms with E-state index in [-0.39, 0.29) is 17.8 Å². The van der Waals surface area contributed by atoms with Crippen molar-refractivity contribution < 1.29 is 15.0 Å². The molecule has 0 saturated carbocycles. The van der Waals surface area contributed by atoms with Crippen molar-refractivity contribution >= 4 is 5.91 Å². The average Bonchev–Trinajstić information content (AvgIpc) is 2.77. The molecule has 0 bridgehead atoms. The van der Waals surface area contributed by atoms with E-state index in [1.165, 1.54) is 12.3 Å². The summed E-state index contributed by atoms with van der Waals surface area (Å²) in [7, 11) is 0. The van der Waals surface area contributed by atoms with Crippen molar-refractivity contribution in [3.8, 4) is 22.6 Å². The summed E-state index contributed by atoms with van der Waals surface area (Å²) < 4.78 is 1.76. The van der Waals surface area contributed by atoms with Crippen molar-refractivity contribution in [2.45, 2.75) is 25.9 Å². The van der Waals surface area contributed by atoms with Crippen LogP contribution in [0.1, 0.15) is 28.9 Å². The molecule has 6 heteroatoms. The number of piperidine rings is 1. The Hall–Kier alpha value is -3.38. The highest BCUT2D eigenvalue weighted by Gasteiger charge is 2.22. The summed E-state index contributed by atoms with van der Waals surface area (Å²) in [5.74, 6) is -0.287. The molecule has 1 aliphatic rings. The maximum absolute atomic E-state index is 12.6. The molecule has 2 N–H and O–H groups in total. The van der Waals surface area contributed by atoms with E-state index in [0.717, 1.165) is 22.5 Å². The molecule has 1 aliphatic heterocycles. The first-order chi connectivity index (χ1) is 14.4. The lowest BCUT2D eigenvalue weighted by Crippen LogP contribution is -2.40. The molecular formula is C24H24N2O4. The Morgan fingerprint density at radius 1 is 0.967 bits per heavy atom. The molecule has 6 nitrogen and oxygen atoms in total. The SMILES string of the molecule is Cc1cc(=O)c(O)cn1-c1ccc(-c2ccc(C(=O)N3CCC(O)CC3)cc2)cc1. The molecule has 2 heterocycles. The van der Waals surface area contributed by atoms with Crippen molar-refractivity contribution in [2.24, 2.45) is 0 Å². The van der Waals surface area contributed by atoms with E-state index < -0.39 is 5.43 Å². The van der Waals surface area contributed by atoms with E-state index in [2.05, 4.69) is 0 Å². The molecule has 1 fully saturated rings. The third kappa shape index (κ3) is 4.00. The third-order valence-electron chi connectivity index (χ3n) is 5.59. The molecule has 1 amide bonds. The molecule has 1 aromatic heterocycles. The van der Waals surface area contributed by atoms with Crippen LogP contribution in [0.5, 0.6) is 5.75 Å². The number of likely N-dealkylation sites (tertiary alicyclic amines) is 1. The van der Waals surface area contributed by atoms with Crippen molar-refractivity contribution in [3.05, 3.63) is 82.3 Å². The van der Waals surface area contributed by atoms with Crippen molar-refractivity contribution in [3.63, 3.8) is 0 Å².